The first-order valence-electron chi connectivity index (χ1n) is 21.5. The number of halogens is 4. The van der Waals surface area contributed by atoms with E-state index in [4.69, 9.17) is 9.47 Å². The van der Waals surface area contributed by atoms with E-state index in [0.29, 0.717) is 19.3 Å². The molecule has 2 bridgehead atoms. The minimum absolute atomic E-state index is 0.187. The van der Waals surface area contributed by atoms with Crippen molar-refractivity contribution in [1.82, 2.24) is 5.32 Å². The lowest BCUT2D eigenvalue weighted by atomic mass is 9.41. The maximum Gasteiger partial charge on any atom is 0.403 e. The average molecular weight is 786 g/mol. The number of nitrogens with one attached hydrogen (secondary N) is 1. The van der Waals surface area contributed by atoms with Gasteiger partial charge in [0.1, 0.15) is 36.1 Å². The van der Waals surface area contributed by atoms with Crippen molar-refractivity contribution in [2.45, 2.75) is 241 Å². The zero-order valence-electron chi connectivity index (χ0n) is 33.0. The van der Waals surface area contributed by atoms with Crippen molar-refractivity contribution < 1.29 is 57.7 Å². The Morgan fingerprint density at radius 3 is 1.67 bits per heavy atom. The van der Waals surface area contributed by atoms with E-state index in [1.54, 1.807) is 0 Å². The highest BCUT2D eigenvalue weighted by atomic mass is 19.4. The summed E-state index contributed by atoms with van der Waals surface area (Å²) in [5.41, 5.74) is -0.570. The van der Waals surface area contributed by atoms with E-state index in [-0.39, 0.29) is 18.3 Å². The van der Waals surface area contributed by atoms with Crippen molar-refractivity contribution in [1.29, 1.82) is 0 Å². The van der Waals surface area contributed by atoms with E-state index in [1.165, 1.54) is 44.9 Å². The van der Waals surface area contributed by atoms with Crippen LogP contribution in [-0.2, 0) is 9.47 Å². The molecule has 9 nitrogen and oxygen atoms in total. The van der Waals surface area contributed by atoms with Crippen LogP contribution < -0.4 is 5.32 Å². The molecule has 54 heavy (non-hydrogen) atoms. The van der Waals surface area contributed by atoms with Gasteiger partial charge in [-0.25, -0.2) is 4.39 Å². The van der Waals surface area contributed by atoms with E-state index in [1.807, 2.05) is 0 Å². The van der Waals surface area contributed by atoms with Crippen LogP contribution in [0.15, 0.2) is 0 Å². The maximum atomic E-state index is 14.3. The second-order valence-electron chi connectivity index (χ2n) is 17.2. The van der Waals surface area contributed by atoms with Gasteiger partial charge in [-0.2, -0.15) is 13.2 Å². The molecule has 9 atom stereocenters. The topological polar surface area (TPSA) is 152 Å². The van der Waals surface area contributed by atoms with Gasteiger partial charge in [0, 0.05) is 0 Å². The van der Waals surface area contributed by atoms with Crippen molar-refractivity contribution in [3.05, 3.63) is 0 Å². The smallest absolute Gasteiger partial charge is 0.394 e. The van der Waals surface area contributed by atoms with Gasteiger partial charge in [0.15, 0.2) is 6.29 Å². The van der Waals surface area contributed by atoms with Crippen molar-refractivity contribution in [2.75, 3.05) is 13.2 Å². The Labute approximate surface area is 322 Å². The van der Waals surface area contributed by atoms with E-state index in [2.05, 4.69) is 12.2 Å². The molecule has 4 fully saturated rings. The monoisotopic (exact) mass is 786 g/mol. The van der Waals surface area contributed by atoms with Gasteiger partial charge in [-0.3, -0.25) is 5.32 Å². The first-order valence-corrected chi connectivity index (χ1v) is 21.5. The molecule has 3 saturated carbocycles. The Morgan fingerprint density at radius 2 is 1.19 bits per heavy atom. The van der Waals surface area contributed by atoms with Crippen molar-refractivity contribution >= 4 is 0 Å². The summed E-state index contributed by atoms with van der Waals surface area (Å²) in [6.07, 6.45) is 8.00. The molecular weight excluding hydrogens is 710 g/mol. The quantitative estimate of drug-likeness (QED) is 0.0275. The predicted octanol–water partition coefficient (Wildman–Crippen LogP) is 7.30. The molecule has 0 amide bonds. The first-order chi connectivity index (χ1) is 25.7. The molecule has 0 aromatic heterocycles. The normalized spacial score (nSPS) is 30.4. The third-order valence-corrected chi connectivity index (χ3v) is 12.3. The molecule has 3 aliphatic carbocycles. The highest BCUT2D eigenvalue weighted by Crippen LogP contribution is 2.71. The van der Waals surface area contributed by atoms with Gasteiger partial charge >= 0.3 is 6.18 Å². The maximum absolute atomic E-state index is 14.3. The molecule has 0 spiro atoms. The zero-order chi connectivity index (χ0) is 39.6. The number of hydrogen-bond acceptors (Lipinski definition) is 9. The molecule has 1 saturated heterocycles. The van der Waals surface area contributed by atoms with E-state index in [0.717, 1.165) is 89.9 Å². The summed E-state index contributed by atoms with van der Waals surface area (Å²) in [6, 6.07) is -3.40. The molecule has 7 N–H and O–H groups in total. The lowest BCUT2D eigenvalue weighted by Crippen LogP contribution is -2.64. The standard InChI is InChI=1S/C41H75F4NO8/c1-2-3-4-5-6-7-8-9-10-13-16-19-22-31(48)34(49)30(26-53-38-37(52)36(51)35(50)32(25-47)54-38)46-33(41(43,44)45)23-20-17-14-11-12-15-18-21-24-39-27-40(42,28-39)29-39/h30-38,46-52H,2-29H2,1H3/t30-,31+,32?,33-,34-,35?,36?,37?,38?,39?,40?/m0/s1. The van der Waals surface area contributed by atoms with Crippen LogP contribution in [0.3, 0.4) is 0 Å². The Morgan fingerprint density at radius 1 is 0.704 bits per heavy atom. The van der Waals surface area contributed by atoms with Crippen LogP contribution >= 0.6 is 0 Å². The molecule has 0 radical (unpaired) electrons. The van der Waals surface area contributed by atoms with Crippen molar-refractivity contribution in [3.8, 4) is 0 Å². The lowest BCUT2D eigenvalue weighted by Gasteiger charge is -2.66. The molecular formula is C41H75F4NO8. The molecule has 320 valence electrons. The summed E-state index contributed by atoms with van der Waals surface area (Å²) in [7, 11) is 0. The van der Waals surface area contributed by atoms with Crippen LogP contribution in [0.25, 0.3) is 0 Å². The van der Waals surface area contributed by atoms with Gasteiger partial charge in [0.05, 0.1) is 31.5 Å². The summed E-state index contributed by atoms with van der Waals surface area (Å²) in [6.45, 7) is 0.894. The summed E-state index contributed by atoms with van der Waals surface area (Å²) >= 11 is 0. The van der Waals surface area contributed by atoms with E-state index >= 15 is 0 Å². The Bertz CT molecular complexity index is 974. The fourth-order valence-corrected chi connectivity index (χ4v) is 8.92. The molecule has 5 unspecified atom stereocenters. The number of aliphatic hydroxyl groups excluding tert-OH is 6. The second-order valence-corrected chi connectivity index (χ2v) is 17.2. The fraction of sp³-hybridized carbons (Fsp3) is 1.00. The largest absolute Gasteiger partial charge is 0.403 e. The molecule has 4 aliphatic rings. The average Bonchev–Trinajstić information content (AvgIpc) is 3.11. The zero-order valence-corrected chi connectivity index (χ0v) is 33.0. The van der Waals surface area contributed by atoms with E-state index < -0.39 is 80.1 Å². The summed E-state index contributed by atoms with van der Waals surface area (Å²) in [5.74, 6) is 0. The number of ether oxygens (including phenoxy) is 2. The molecule has 0 aromatic carbocycles. The summed E-state index contributed by atoms with van der Waals surface area (Å²) in [4.78, 5) is 0. The van der Waals surface area contributed by atoms with Crippen molar-refractivity contribution in [2.24, 2.45) is 5.41 Å². The first kappa shape index (κ1) is 47.7. The van der Waals surface area contributed by atoms with Gasteiger partial charge < -0.3 is 40.1 Å². The molecule has 4 rings (SSSR count). The highest BCUT2D eigenvalue weighted by molar-refractivity contribution is 5.18. The van der Waals surface area contributed by atoms with Gasteiger partial charge in [0.25, 0.3) is 0 Å². The number of hydrogen-bond donors (Lipinski definition) is 7. The molecule has 1 aliphatic heterocycles. The van der Waals surface area contributed by atoms with Crippen LogP contribution in [-0.4, -0.2) is 111 Å². The minimum atomic E-state index is -4.65. The Balaban J connectivity index is 1.42. The number of aliphatic hydroxyl groups is 6. The Hall–Kier alpha value is -0.640. The van der Waals surface area contributed by atoms with Gasteiger partial charge in [0.2, 0.25) is 0 Å². The lowest BCUT2D eigenvalue weighted by molar-refractivity contribution is -0.303. The number of alkyl halides is 4. The molecule has 1 heterocycles. The van der Waals surface area contributed by atoms with Crippen LogP contribution in [0.5, 0.6) is 0 Å². The van der Waals surface area contributed by atoms with Crippen LogP contribution in [0, 0.1) is 5.41 Å². The highest BCUT2D eigenvalue weighted by Gasteiger charge is 2.68. The van der Waals surface area contributed by atoms with E-state index in [9.17, 15) is 48.2 Å². The summed E-state index contributed by atoms with van der Waals surface area (Å²) < 4.78 is 67.6. The van der Waals surface area contributed by atoms with Crippen LogP contribution in [0.1, 0.15) is 174 Å². The van der Waals surface area contributed by atoms with Gasteiger partial charge in [-0.15, -0.1) is 0 Å². The summed E-state index contributed by atoms with van der Waals surface area (Å²) in [5, 5.41) is 64.7. The van der Waals surface area contributed by atoms with Crippen LogP contribution in [0.2, 0.25) is 0 Å². The third-order valence-electron chi connectivity index (χ3n) is 12.3. The number of unbranched alkanes of at least 4 members (excludes halogenated alkanes) is 18. The third kappa shape index (κ3) is 16.0. The molecule has 0 aromatic rings. The minimum Gasteiger partial charge on any atom is -0.394 e. The van der Waals surface area contributed by atoms with Gasteiger partial charge in [-0.1, -0.05) is 135 Å². The predicted molar refractivity (Wildman–Crippen MR) is 200 cm³/mol. The SMILES string of the molecule is CCCCCCCCCCCCCC[C@@H](O)[C@@H](O)[C@H](COC1OC(CO)C(O)C(O)C1O)N[C@@H](CCCCCCCCCCC12CC(F)(C1)C2)C(F)(F)F. The van der Waals surface area contributed by atoms with Crippen LogP contribution in [0.4, 0.5) is 17.6 Å². The van der Waals surface area contributed by atoms with Crippen molar-refractivity contribution in [3.63, 3.8) is 0 Å². The fourth-order valence-electron chi connectivity index (χ4n) is 8.92. The second kappa shape index (κ2) is 24.3. The number of rotatable bonds is 32. The Kier molecular flexibility index (Phi) is 21.5. The van der Waals surface area contributed by atoms with Gasteiger partial charge in [-0.05, 0) is 43.9 Å². The molecule has 13 heteroatoms.